The van der Waals surface area contributed by atoms with E-state index in [4.69, 9.17) is 0 Å². The molecule has 1 aliphatic heterocycles. The van der Waals surface area contributed by atoms with Crippen molar-refractivity contribution in [1.29, 1.82) is 0 Å². The van der Waals surface area contributed by atoms with Gasteiger partial charge in [0.1, 0.15) is 5.82 Å². The molecule has 0 bridgehead atoms. The van der Waals surface area contributed by atoms with Gasteiger partial charge >= 0.3 is 0 Å². The molecule has 130 valence electrons. The van der Waals surface area contributed by atoms with Gasteiger partial charge in [0.2, 0.25) is 0 Å². The van der Waals surface area contributed by atoms with Gasteiger partial charge < -0.3 is 9.88 Å². The third-order valence-corrected chi connectivity index (χ3v) is 5.07. The predicted molar refractivity (Wildman–Crippen MR) is 91.5 cm³/mol. The number of nitrogens with one attached hydrogen (secondary N) is 1. The van der Waals surface area contributed by atoms with Gasteiger partial charge in [0, 0.05) is 37.2 Å². The van der Waals surface area contributed by atoms with Gasteiger partial charge in [0.25, 0.3) is 11.5 Å². The number of likely N-dealkylation sites (tertiary alicyclic amines) is 1. The van der Waals surface area contributed by atoms with Crippen molar-refractivity contribution in [2.75, 3.05) is 13.1 Å². The molecular weight excluding hydrogens is 318 g/mol. The summed E-state index contributed by atoms with van der Waals surface area (Å²) in [6.07, 6.45) is 7.04. The summed E-state index contributed by atoms with van der Waals surface area (Å²) in [6, 6.07) is 1.55. The summed E-state index contributed by atoms with van der Waals surface area (Å²) in [7, 11) is 0. The fourth-order valence-electron chi connectivity index (χ4n) is 3.39. The highest BCUT2D eigenvalue weighted by Crippen LogP contribution is 2.38. The van der Waals surface area contributed by atoms with E-state index in [0.29, 0.717) is 24.6 Å². The molecule has 1 amide bonds. The Morgan fingerprint density at radius 1 is 1.16 bits per heavy atom. The first-order valence-electron chi connectivity index (χ1n) is 8.79. The van der Waals surface area contributed by atoms with Gasteiger partial charge in [-0.3, -0.25) is 9.59 Å². The van der Waals surface area contributed by atoms with Gasteiger partial charge in [0.15, 0.2) is 0 Å². The van der Waals surface area contributed by atoms with E-state index in [1.807, 2.05) is 11.8 Å². The van der Waals surface area contributed by atoms with Crippen LogP contribution in [0.3, 0.4) is 0 Å². The molecule has 1 saturated carbocycles. The smallest absolute Gasteiger partial charge is 0.257 e. The van der Waals surface area contributed by atoms with Gasteiger partial charge in [-0.1, -0.05) is 0 Å². The first-order chi connectivity index (χ1) is 12.1. The Balaban J connectivity index is 1.43. The second-order valence-electron chi connectivity index (χ2n) is 6.90. The molecule has 0 radical (unpaired) electrons. The molecule has 1 N–H and O–H groups in total. The van der Waals surface area contributed by atoms with Crippen LogP contribution >= 0.6 is 0 Å². The van der Waals surface area contributed by atoms with E-state index in [1.165, 1.54) is 6.33 Å². The van der Waals surface area contributed by atoms with E-state index in [-0.39, 0.29) is 17.4 Å². The lowest BCUT2D eigenvalue weighted by Crippen LogP contribution is -2.38. The third kappa shape index (κ3) is 3.31. The molecule has 4 rings (SSSR count). The minimum atomic E-state index is -0.132. The van der Waals surface area contributed by atoms with Gasteiger partial charge in [-0.2, -0.15) is 0 Å². The van der Waals surface area contributed by atoms with Crippen LogP contribution in [0.1, 0.15) is 65.1 Å². The normalized spacial score (nSPS) is 18.4. The van der Waals surface area contributed by atoms with Crippen LogP contribution < -0.4 is 5.56 Å². The van der Waals surface area contributed by atoms with Crippen molar-refractivity contribution in [3.8, 4) is 0 Å². The minimum absolute atomic E-state index is 0.00262. The van der Waals surface area contributed by atoms with Crippen LogP contribution in [-0.2, 0) is 0 Å². The van der Waals surface area contributed by atoms with Crippen LogP contribution in [-0.4, -0.2) is 43.8 Å². The van der Waals surface area contributed by atoms with Crippen molar-refractivity contribution in [3.05, 3.63) is 51.7 Å². The SMILES string of the molecule is Cc1nc(C2CC2)ncc1C(=O)N1CCC(c2cc(=O)[nH]cn2)CC1. The van der Waals surface area contributed by atoms with Crippen molar-refractivity contribution in [3.63, 3.8) is 0 Å². The van der Waals surface area contributed by atoms with Crippen LogP contribution in [0.15, 0.2) is 23.4 Å². The Morgan fingerprint density at radius 2 is 1.92 bits per heavy atom. The standard InChI is InChI=1S/C18H21N5O2/c1-11-14(9-19-17(22-11)13-2-3-13)18(25)23-6-4-12(5-7-23)15-8-16(24)21-10-20-15/h8-10,12-13H,2-7H2,1H3,(H,20,21,24). The van der Waals surface area contributed by atoms with Crippen LogP contribution in [0.4, 0.5) is 0 Å². The fraction of sp³-hybridized carbons (Fsp3) is 0.500. The lowest BCUT2D eigenvalue weighted by atomic mass is 9.93. The van der Waals surface area contributed by atoms with Crippen molar-refractivity contribution >= 4 is 5.91 Å². The summed E-state index contributed by atoms with van der Waals surface area (Å²) in [4.78, 5) is 41.8. The molecule has 0 aromatic carbocycles. The lowest BCUT2D eigenvalue weighted by molar-refractivity contribution is 0.0710. The number of rotatable bonds is 3. The Hall–Kier alpha value is -2.57. The van der Waals surface area contributed by atoms with Crippen LogP contribution in [0, 0.1) is 6.92 Å². The van der Waals surface area contributed by atoms with E-state index in [2.05, 4.69) is 19.9 Å². The average molecular weight is 339 g/mol. The third-order valence-electron chi connectivity index (χ3n) is 5.07. The zero-order valence-corrected chi connectivity index (χ0v) is 14.2. The molecule has 2 aromatic rings. The maximum atomic E-state index is 12.8. The summed E-state index contributed by atoms with van der Waals surface area (Å²) in [5, 5.41) is 0. The molecular formula is C18H21N5O2. The highest BCUT2D eigenvalue weighted by molar-refractivity contribution is 5.95. The Kier molecular flexibility index (Phi) is 4.07. The average Bonchev–Trinajstić information content (AvgIpc) is 3.46. The molecule has 25 heavy (non-hydrogen) atoms. The van der Waals surface area contributed by atoms with Crippen molar-refractivity contribution in [2.24, 2.45) is 0 Å². The number of nitrogens with zero attached hydrogens (tertiary/aromatic N) is 4. The molecule has 3 heterocycles. The number of carbonyl (C=O) groups is 1. The number of hydrogen-bond acceptors (Lipinski definition) is 5. The summed E-state index contributed by atoms with van der Waals surface area (Å²) >= 11 is 0. The quantitative estimate of drug-likeness (QED) is 0.920. The van der Waals surface area contributed by atoms with Crippen molar-refractivity contribution in [2.45, 2.75) is 44.4 Å². The van der Waals surface area contributed by atoms with E-state index < -0.39 is 0 Å². The van der Waals surface area contributed by atoms with E-state index in [9.17, 15) is 9.59 Å². The maximum absolute atomic E-state index is 12.8. The number of aryl methyl sites for hydroxylation is 1. The second kappa shape index (κ2) is 6.38. The molecule has 2 aliphatic rings. The number of aromatic amines is 1. The Bertz CT molecular complexity index is 851. The molecule has 2 fully saturated rings. The summed E-state index contributed by atoms with van der Waals surface area (Å²) < 4.78 is 0. The Labute approximate surface area is 145 Å². The number of amides is 1. The molecule has 0 spiro atoms. The highest BCUT2D eigenvalue weighted by Gasteiger charge is 2.29. The van der Waals surface area contributed by atoms with Crippen molar-refractivity contribution < 1.29 is 4.79 Å². The number of H-pyrrole nitrogens is 1. The molecule has 7 heteroatoms. The lowest BCUT2D eigenvalue weighted by Gasteiger charge is -2.31. The molecule has 2 aromatic heterocycles. The monoisotopic (exact) mass is 339 g/mol. The largest absolute Gasteiger partial charge is 0.338 e. The summed E-state index contributed by atoms with van der Waals surface area (Å²) in [6.45, 7) is 3.19. The fourth-order valence-corrected chi connectivity index (χ4v) is 3.39. The molecule has 0 unspecified atom stereocenters. The summed E-state index contributed by atoms with van der Waals surface area (Å²) in [5.41, 5.74) is 2.04. The number of carbonyl (C=O) groups excluding carboxylic acids is 1. The summed E-state index contributed by atoms with van der Waals surface area (Å²) in [5.74, 6) is 1.58. The van der Waals surface area contributed by atoms with E-state index in [1.54, 1.807) is 12.3 Å². The molecule has 7 nitrogen and oxygen atoms in total. The predicted octanol–water partition coefficient (Wildman–Crippen LogP) is 1.77. The first-order valence-corrected chi connectivity index (χ1v) is 8.79. The molecule has 0 atom stereocenters. The van der Waals surface area contributed by atoms with Gasteiger partial charge in [-0.25, -0.2) is 15.0 Å². The highest BCUT2D eigenvalue weighted by atomic mass is 16.2. The topological polar surface area (TPSA) is 91.8 Å². The first kappa shape index (κ1) is 15.9. The Morgan fingerprint density at radius 3 is 2.56 bits per heavy atom. The number of hydrogen-bond donors (Lipinski definition) is 1. The number of aromatic nitrogens is 4. The zero-order chi connectivity index (χ0) is 17.4. The van der Waals surface area contributed by atoms with Crippen molar-refractivity contribution in [1.82, 2.24) is 24.8 Å². The van der Waals surface area contributed by atoms with Crippen LogP contribution in [0.2, 0.25) is 0 Å². The maximum Gasteiger partial charge on any atom is 0.257 e. The van der Waals surface area contributed by atoms with Gasteiger partial charge in [-0.05, 0) is 32.6 Å². The van der Waals surface area contributed by atoms with Gasteiger partial charge in [0.05, 0.1) is 23.3 Å². The molecule has 1 aliphatic carbocycles. The zero-order valence-electron chi connectivity index (χ0n) is 14.2. The van der Waals surface area contributed by atoms with E-state index >= 15 is 0 Å². The minimum Gasteiger partial charge on any atom is -0.338 e. The second-order valence-corrected chi connectivity index (χ2v) is 6.90. The molecule has 1 saturated heterocycles. The van der Waals surface area contributed by atoms with Gasteiger partial charge in [-0.15, -0.1) is 0 Å². The van der Waals surface area contributed by atoms with Crippen LogP contribution in [0.25, 0.3) is 0 Å². The number of piperidine rings is 1. The van der Waals surface area contributed by atoms with E-state index in [0.717, 1.165) is 42.9 Å². The van der Waals surface area contributed by atoms with Crippen LogP contribution in [0.5, 0.6) is 0 Å².